The number of aliphatic hydroxyl groups excluding tert-OH is 1. The number of aliphatic hydroxyl groups is 1. The molecule has 1 aromatic rings. The largest absolute Gasteiger partial charge is 0.391 e. The molecule has 1 fully saturated rings. The van der Waals surface area contributed by atoms with Crippen LogP contribution in [-0.2, 0) is 0 Å². The Morgan fingerprint density at radius 3 is 2.59 bits per heavy atom. The van der Waals surface area contributed by atoms with Gasteiger partial charge in [-0.05, 0) is 38.3 Å². The van der Waals surface area contributed by atoms with E-state index in [9.17, 15) is 5.11 Å². The SMILES string of the molecule is CCN(c1ccccc1C)[C@H]1CCCC[C@@H]1O. The predicted octanol–water partition coefficient (Wildman–Crippen LogP) is 3.12. The Kier molecular flexibility index (Phi) is 4.06. The fraction of sp³-hybridized carbons (Fsp3) is 0.600. The van der Waals surface area contributed by atoms with Crippen molar-refractivity contribution in [3.63, 3.8) is 0 Å². The van der Waals surface area contributed by atoms with Gasteiger partial charge in [0.05, 0.1) is 12.1 Å². The second-order valence-electron chi connectivity index (χ2n) is 4.99. The highest BCUT2D eigenvalue weighted by Gasteiger charge is 2.28. The van der Waals surface area contributed by atoms with E-state index in [1.807, 2.05) is 0 Å². The molecule has 0 spiro atoms. The van der Waals surface area contributed by atoms with Crippen LogP contribution in [0.5, 0.6) is 0 Å². The van der Waals surface area contributed by atoms with E-state index in [0.29, 0.717) is 6.04 Å². The van der Waals surface area contributed by atoms with E-state index in [4.69, 9.17) is 0 Å². The fourth-order valence-corrected chi connectivity index (χ4v) is 2.92. The maximum absolute atomic E-state index is 10.2. The number of likely N-dealkylation sites (N-methyl/N-ethyl adjacent to an activating group) is 1. The van der Waals surface area contributed by atoms with Gasteiger partial charge in [-0.25, -0.2) is 0 Å². The van der Waals surface area contributed by atoms with E-state index in [1.54, 1.807) is 0 Å². The van der Waals surface area contributed by atoms with Crippen molar-refractivity contribution in [2.75, 3.05) is 11.4 Å². The lowest BCUT2D eigenvalue weighted by atomic mass is 9.90. The molecule has 1 aromatic carbocycles. The zero-order chi connectivity index (χ0) is 12.3. The summed E-state index contributed by atoms with van der Waals surface area (Å²) < 4.78 is 0. The smallest absolute Gasteiger partial charge is 0.0743 e. The highest BCUT2D eigenvalue weighted by atomic mass is 16.3. The average molecular weight is 233 g/mol. The first-order chi connectivity index (χ1) is 8.24. The maximum atomic E-state index is 10.2. The molecule has 2 nitrogen and oxygen atoms in total. The summed E-state index contributed by atoms with van der Waals surface area (Å²) in [7, 11) is 0. The minimum atomic E-state index is -0.164. The molecular formula is C15H23NO. The van der Waals surface area contributed by atoms with Crippen LogP contribution in [0.15, 0.2) is 24.3 Å². The summed E-state index contributed by atoms with van der Waals surface area (Å²) in [6.45, 7) is 5.29. The molecule has 0 heterocycles. The van der Waals surface area contributed by atoms with Crippen LogP contribution in [0.1, 0.15) is 38.2 Å². The quantitative estimate of drug-likeness (QED) is 0.867. The lowest BCUT2D eigenvalue weighted by Gasteiger charge is -2.39. The van der Waals surface area contributed by atoms with Crippen LogP contribution >= 0.6 is 0 Å². The Balaban J connectivity index is 2.23. The summed E-state index contributed by atoms with van der Waals surface area (Å²) in [5.74, 6) is 0. The van der Waals surface area contributed by atoms with Gasteiger partial charge >= 0.3 is 0 Å². The van der Waals surface area contributed by atoms with Crippen LogP contribution in [-0.4, -0.2) is 23.8 Å². The molecule has 0 bridgehead atoms. The maximum Gasteiger partial charge on any atom is 0.0743 e. The zero-order valence-corrected chi connectivity index (χ0v) is 10.9. The minimum absolute atomic E-state index is 0.164. The summed E-state index contributed by atoms with van der Waals surface area (Å²) in [5, 5.41) is 10.2. The highest BCUT2D eigenvalue weighted by molar-refractivity contribution is 5.54. The number of hydrogen-bond donors (Lipinski definition) is 1. The molecule has 0 aromatic heterocycles. The van der Waals surface area contributed by atoms with Crippen LogP contribution < -0.4 is 4.90 Å². The molecule has 1 N–H and O–H groups in total. The van der Waals surface area contributed by atoms with Gasteiger partial charge in [-0.15, -0.1) is 0 Å². The van der Waals surface area contributed by atoms with Crippen LogP contribution in [0, 0.1) is 6.92 Å². The topological polar surface area (TPSA) is 23.5 Å². The summed E-state index contributed by atoms with van der Waals surface area (Å²) in [6.07, 6.45) is 4.31. The Bertz CT molecular complexity index is 364. The summed E-state index contributed by atoms with van der Waals surface area (Å²) in [6, 6.07) is 8.77. The number of benzene rings is 1. The second kappa shape index (κ2) is 5.54. The first kappa shape index (κ1) is 12.4. The van der Waals surface area contributed by atoms with Gasteiger partial charge in [-0.1, -0.05) is 31.0 Å². The second-order valence-corrected chi connectivity index (χ2v) is 4.99. The van der Waals surface area contributed by atoms with Crippen molar-refractivity contribution in [2.45, 2.75) is 51.7 Å². The molecule has 0 amide bonds. The van der Waals surface area contributed by atoms with Crippen molar-refractivity contribution < 1.29 is 5.11 Å². The number of anilines is 1. The average Bonchev–Trinajstić information content (AvgIpc) is 2.34. The number of para-hydroxylation sites is 1. The third-order valence-electron chi connectivity index (χ3n) is 3.86. The van der Waals surface area contributed by atoms with Gasteiger partial charge in [0, 0.05) is 12.2 Å². The lowest BCUT2D eigenvalue weighted by Crippen LogP contribution is -2.45. The summed E-state index contributed by atoms with van der Waals surface area (Å²) >= 11 is 0. The summed E-state index contributed by atoms with van der Waals surface area (Å²) in [5.41, 5.74) is 2.58. The molecule has 0 unspecified atom stereocenters. The van der Waals surface area contributed by atoms with Gasteiger partial charge in [-0.2, -0.15) is 0 Å². The number of hydrogen-bond acceptors (Lipinski definition) is 2. The third kappa shape index (κ3) is 2.63. The third-order valence-corrected chi connectivity index (χ3v) is 3.86. The molecule has 17 heavy (non-hydrogen) atoms. The molecular weight excluding hydrogens is 210 g/mol. The fourth-order valence-electron chi connectivity index (χ4n) is 2.92. The molecule has 0 aliphatic heterocycles. The molecule has 0 saturated heterocycles. The highest BCUT2D eigenvalue weighted by Crippen LogP contribution is 2.29. The monoisotopic (exact) mass is 233 g/mol. The van der Waals surface area contributed by atoms with Crippen LogP contribution in [0.2, 0.25) is 0 Å². The molecule has 1 aliphatic rings. The predicted molar refractivity (Wildman–Crippen MR) is 72.5 cm³/mol. The van der Waals surface area contributed by atoms with Crippen LogP contribution in [0.25, 0.3) is 0 Å². The van der Waals surface area contributed by atoms with Gasteiger partial charge < -0.3 is 10.0 Å². The number of aryl methyl sites for hydroxylation is 1. The molecule has 0 radical (unpaired) electrons. The molecule has 2 atom stereocenters. The summed E-state index contributed by atoms with van der Waals surface area (Å²) in [4.78, 5) is 2.37. The first-order valence-electron chi connectivity index (χ1n) is 6.74. The van der Waals surface area contributed by atoms with E-state index >= 15 is 0 Å². The van der Waals surface area contributed by atoms with Crippen molar-refractivity contribution in [1.82, 2.24) is 0 Å². The van der Waals surface area contributed by atoms with E-state index < -0.39 is 0 Å². The number of nitrogens with zero attached hydrogens (tertiary/aromatic N) is 1. The minimum Gasteiger partial charge on any atom is -0.391 e. The molecule has 94 valence electrons. The van der Waals surface area contributed by atoms with Crippen LogP contribution in [0.3, 0.4) is 0 Å². The van der Waals surface area contributed by atoms with E-state index in [1.165, 1.54) is 24.1 Å². The first-order valence-corrected chi connectivity index (χ1v) is 6.74. The van der Waals surface area contributed by atoms with Crippen molar-refractivity contribution in [2.24, 2.45) is 0 Å². The van der Waals surface area contributed by atoms with Gasteiger partial charge in [-0.3, -0.25) is 0 Å². The van der Waals surface area contributed by atoms with Gasteiger partial charge in [0.1, 0.15) is 0 Å². The van der Waals surface area contributed by atoms with Gasteiger partial charge in [0.15, 0.2) is 0 Å². The standard InChI is InChI=1S/C15H23NO/c1-3-16(13-9-5-4-8-12(13)2)14-10-6-7-11-15(14)17/h4-5,8-9,14-15,17H,3,6-7,10-11H2,1-2H3/t14-,15-/m0/s1. The normalized spacial score (nSPS) is 24.6. The van der Waals surface area contributed by atoms with E-state index in [2.05, 4.69) is 43.0 Å². The van der Waals surface area contributed by atoms with E-state index in [-0.39, 0.29) is 6.10 Å². The molecule has 2 rings (SSSR count). The lowest BCUT2D eigenvalue weighted by molar-refractivity contribution is 0.104. The Morgan fingerprint density at radius 1 is 1.24 bits per heavy atom. The van der Waals surface area contributed by atoms with Crippen molar-refractivity contribution in [3.8, 4) is 0 Å². The van der Waals surface area contributed by atoms with Crippen molar-refractivity contribution in [1.29, 1.82) is 0 Å². The molecule has 1 aliphatic carbocycles. The van der Waals surface area contributed by atoms with Gasteiger partial charge in [0.2, 0.25) is 0 Å². The van der Waals surface area contributed by atoms with Crippen molar-refractivity contribution >= 4 is 5.69 Å². The van der Waals surface area contributed by atoms with E-state index in [0.717, 1.165) is 19.4 Å². The van der Waals surface area contributed by atoms with Gasteiger partial charge in [0.25, 0.3) is 0 Å². The Hall–Kier alpha value is -1.02. The Morgan fingerprint density at radius 2 is 1.94 bits per heavy atom. The van der Waals surface area contributed by atoms with Crippen molar-refractivity contribution in [3.05, 3.63) is 29.8 Å². The Labute approximate surface area is 104 Å². The molecule has 2 heteroatoms. The van der Waals surface area contributed by atoms with Crippen LogP contribution in [0.4, 0.5) is 5.69 Å². The molecule has 1 saturated carbocycles. The number of rotatable bonds is 3. The zero-order valence-electron chi connectivity index (χ0n) is 10.9.